The largest absolute Gasteiger partial charge is 0.466 e. The van der Waals surface area contributed by atoms with E-state index in [1.165, 1.54) is 0 Å². The topological polar surface area (TPSA) is 65.2 Å². The van der Waals surface area contributed by atoms with Gasteiger partial charge in [0.25, 0.3) is 6.47 Å². The molecule has 0 amide bonds. The van der Waals surface area contributed by atoms with E-state index in [0.717, 1.165) is 5.56 Å². The number of rotatable bonds is 4. The highest BCUT2D eigenvalue weighted by atomic mass is 16.5. The fraction of sp³-hybridized carbons (Fsp3) is 0.250. The van der Waals surface area contributed by atoms with Gasteiger partial charge in [-0.15, -0.1) is 0 Å². The molecule has 64 valence electrons. The summed E-state index contributed by atoms with van der Waals surface area (Å²) in [5, 5.41) is 0. The SMILES string of the molecule is NC(COC=O)c1cccnc1. The molecule has 0 radical (unpaired) electrons. The van der Waals surface area contributed by atoms with Gasteiger partial charge in [0.1, 0.15) is 6.61 Å². The van der Waals surface area contributed by atoms with Crippen LogP contribution in [0, 0.1) is 0 Å². The molecule has 0 saturated heterocycles. The summed E-state index contributed by atoms with van der Waals surface area (Å²) < 4.78 is 4.52. The van der Waals surface area contributed by atoms with Crippen molar-refractivity contribution in [2.75, 3.05) is 6.61 Å². The number of hydrogen-bond acceptors (Lipinski definition) is 4. The fourth-order valence-corrected chi connectivity index (χ4v) is 0.834. The van der Waals surface area contributed by atoms with Gasteiger partial charge in [-0.2, -0.15) is 0 Å². The zero-order valence-electron chi connectivity index (χ0n) is 6.51. The van der Waals surface area contributed by atoms with E-state index in [9.17, 15) is 4.79 Å². The van der Waals surface area contributed by atoms with Gasteiger partial charge < -0.3 is 10.5 Å². The van der Waals surface area contributed by atoms with Gasteiger partial charge in [0.05, 0.1) is 6.04 Å². The number of carbonyl (C=O) groups is 1. The summed E-state index contributed by atoms with van der Waals surface area (Å²) in [5.41, 5.74) is 6.52. The summed E-state index contributed by atoms with van der Waals surface area (Å²) >= 11 is 0. The monoisotopic (exact) mass is 166 g/mol. The average Bonchev–Trinajstić information content (AvgIpc) is 2.15. The van der Waals surface area contributed by atoms with Gasteiger partial charge in [0.2, 0.25) is 0 Å². The van der Waals surface area contributed by atoms with Crippen LogP contribution in [0.4, 0.5) is 0 Å². The maximum Gasteiger partial charge on any atom is 0.293 e. The van der Waals surface area contributed by atoms with Crippen molar-refractivity contribution in [1.82, 2.24) is 4.98 Å². The van der Waals surface area contributed by atoms with Crippen LogP contribution in [0.5, 0.6) is 0 Å². The molecule has 0 saturated carbocycles. The van der Waals surface area contributed by atoms with E-state index in [2.05, 4.69) is 9.72 Å². The molecule has 0 aliphatic rings. The van der Waals surface area contributed by atoms with Crippen molar-refractivity contribution in [1.29, 1.82) is 0 Å². The Morgan fingerprint density at radius 1 is 1.75 bits per heavy atom. The summed E-state index contributed by atoms with van der Waals surface area (Å²) in [4.78, 5) is 13.7. The van der Waals surface area contributed by atoms with Crippen molar-refractivity contribution in [3.05, 3.63) is 30.1 Å². The molecule has 0 bridgehead atoms. The van der Waals surface area contributed by atoms with Crippen molar-refractivity contribution < 1.29 is 9.53 Å². The molecule has 1 heterocycles. The second-order valence-corrected chi connectivity index (χ2v) is 2.32. The van der Waals surface area contributed by atoms with Crippen molar-refractivity contribution >= 4 is 6.47 Å². The minimum Gasteiger partial charge on any atom is -0.466 e. The number of nitrogens with zero attached hydrogens (tertiary/aromatic N) is 1. The molecule has 4 nitrogen and oxygen atoms in total. The van der Waals surface area contributed by atoms with Crippen LogP contribution < -0.4 is 5.73 Å². The van der Waals surface area contributed by atoms with E-state index in [4.69, 9.17) is 5.73 Å². The van der Waals surface area contributed by atoms with Crippen LogP contribution in [-0.4, -0.2) is 18.1 Å². The lowest BCUT2D eigenvalue weighted by atomic mass is 10.1. The van der Waals surface area contributed by atoms with Gasteiger partial charge in [0.15, 0.2) is 0 Å². The van der Waals surface area contributed by atoms with Crippen LogP contribution in [0.2, 0.25) is 0 Å². The molecule has 1 aromatic heterocycles. The van der Waals surface area contributed by atoms with Gasteiger partial charge in [0, 0.05) is 12.4 Å². The zero-order valence-corrected chi connectivity index (χ0v) is 6.51. The lowest BCUT2D eigenvalue weighted by Crippen LogP contribution is -2.16. The molecule has 1 rings (SSSR count). The number of ether oxygens (including phenoxy) is 1. The van der Waals surface area contributed by atoms with Crippen LogP contribution in [-0.2, 0) is 9.53 Å². The highest BCUT2D eigenvalue weighted by molar-refractivity contribution is 5.37. The standard InChI is InChI=1S/C8H10N2O2/c9-8(5-12-6-11)7-2-1-3-10-4-7/h1-4,6,8H,5,9H2. The van der Waals surface area contributed by atoms with Crippen LogP contribution >= 0.6 is 0 Å². The molecule has 4 heteroatoms. The van der Waals surface area contributed by atoms with E-state index >= 15 is 0 Å². The van der Waals surface area contributed by atoms with Crippen molar-refractivity contribution in [2.45, 2.75) is 6.04 Å². The zero-order chi connectivity index (χ0) is 8.81. The average molecular weight is 166 g/mol. The molecule has 0 aliphatic heterocycles. The van der Waals surface area contributed by atoms with Crippen molar-refractivity contribution in [3.63, 3.8) is 0 Å². The number of aromatic nitrogens is 1. The van der Waals surface area contributed by atoms with Crippen LogP contribution in [0.25, 0.3) is 0 Å². The number of carbonyl (C=O) groups excluding carboxylic acids is 1. The second kappa shape index (κ2) is 4.46. The van der Waals surface area contributed by atoms with Gasteiger partial charge in [-0.05, 0) is 11.6 Å². The third kappa shape index (κ3) is 2.32. The highest BCUT2D eigenvalue weighted by Gasteiger charge is 2.04. The summed E-state index contributed by atoms with van der Waals surface area (Å²) in [6, 6.07) is 3.34. The lowest BCUT2D eigenvalue weighted by molar-refractivity contribution is -0.129. The predicted octanol–water partition coefficient (Wildman–Crippen LogP) is 0.254. The summed E-state index contributed by atoms with van der Waals surface area (Å²) in [6.07, 6.45) is 3.32. The molecule has 0 spiro atoms. The second-order valence-electron chi connectivity index (χ2n) is 2.32. The molecule has 0 aromatic carbocycles. The Balaban J connectivity index is 2.53. The Bertz CT molecular complexity index is 238. The quantitative estimate of drug-likeness (QED) is 0.651. The molecule has 1 aromatic rings. The highest BCUT2D eigenvalue weighted by Crippen LogP contribution is 2.06. The molecule has 0 aliphatic carbocycles. The summed E-state index contributed by atoms with van der Waals surface area (Å²) in [7, 11) is 0. The first-order valence-electron chi connectivity index (χ1n) is 3.55. The molecular weight excluding hydrogens is 156 g/mol. The first-order valence-corrected chi connectivity index (χ1v) is 3.55. The third-order valence-corrected chi connectivity index (χ3v) is 1.46. The van der Waals surface area contributed by atoms with Crippen molar-refractivity contribution in [3.8, 4) is 0 Å². The Kier molecular flexibility index (Phi) is 3.22. The van der Waals surface area contributed by atoms with Crippen LogP contribution in [0.1, 0.15) is 11.6 Å². The Labute approximate surface area is 70.4 Å². The Hall–Kier alpha value is -1.42. The van der Waals surface area contributed by atoms with E-state index < -0.39 is 0 Å². The van der Waals surface area contributed by atoms with Gasteiger partial charge in [-0.1, -0.05) is 6.07 Å². The first-order chi connectivity index (χ1) is 5.84. The van der Waals surface area contributed by atoms with Crippen LogP contribution in [0.3, 0.4) is 0 Å². The Morgan fingerprint density at radius 3 is 3.17 bits per heavy atom. The van der Waals surface area contributed by atoms with E-state index in [1.807, 2.05) is 6.07 Å². The number of nitrogens with two attached hydrogens (primary N) is 1. The molecule has 1 atom stereocenters. The smallest absolute Gasteiger partial charge is 0.293 e. The van der Waals surface area contributed by atoms with Crippen LogP contribution in [0.15, 0.2) is 24.5 Å². The molecular formula is C8H10N2O2. The molecule has 2 N–H and O–H groups in total. The third-order valence-electron chi connectivity index (χ3n) is 1.46. The van der Waals surface area contributed by atoms with E-state index in [-0.39, 0.29) is 12.6 Å². The minimum absolute atomic E-state index is 0.190. The molecule has 0 fully saturated rings. The predicted molar refractivity (Wildman–Crippen MR) is 43.2 cm³/mol. The summed E-state index contributed by atoms with van der Waals surface area (Å²) in [6.45, 7) is 0.575. The summed E-state index contributed by atoms with van der Waals surface area (Å²) in [5.74, 6) is 0. The van der Waals surface area contributed by atoms with E-state index in [0.29, 0.717) is 6.47 Å². The van der Waals surface area contributed by atoms with Crippen molar-refractivity contribution in [2.24, 2.45) is 5.73 Å². The van der Waals surface area contributed by atoms with E-state index in [1.54, 1.807) is 18.5 Å². The minimum atomic E-state index is -0.288. The van der Waals surface area contributed by atoms with Gasteiger partial charge >= 0.3 is 0 Å². The maximum atomic E-state index is 9.85. The number of hydrogen-bond donors (Lipinski definition) is 1. The lowest BCUT2D eigenvalue weighted by Gasteiger charge is -2.08. The maximum absolute atomic E-state index is 9.85. The fourth-order valence-electron chi connectivity index (χ4n) is 0.834. The van der Waals surface area contributed by atoms with Gasteiger partial charge in [-0.3, -0.25) is 9.78 Å². The first kappa shape index (κ1) is 8.67. The molecule has 12 heavy (non-hydrogen) atoms. The van der Waals surface area contributed by atoms with Gasteiger partial charge in [-0.25, -0.2) is 0 Å². The Morgan fingerprint density at radius 2 is 2.58 bits per heavy atom. The normalized spacial score (nSPS) is 12.1. The molecule has 1 unspecified atom stereocenters. The number of pyridine rings is 1.